The molecule has 0 bridgehead atoms. The van der Waals surface area contributed by atoms with Crippen molar-refractivity contribution < 1.29 is 9.53 Å². The number of rotatable bonds is 4. The largest absolute Gasteiger partial charge is 0.465 e. The summed E-state index contributed by atoms with van der Waals surface area (Å²) < 4.78 is 4.79. The van der Waals surface area contributed by atoms with Crippen molar-refractivity contribution in [3.8, 4) is 6.07 Å². The summed E-state index contributed by atoms with van der Waals surface area (Å²) in [5, 5.41) is 9.13. The van der Waals surface area contributed by atoms with Crippen LogP contribution in [0.25, 0.3) is 0 Å². The van der Waals surface area contributed by atoms with Gasteiger partial charge in [0.2, 0.25) is 0 Å². The number of esters is 1. The van der Waals surface area contributed by atoms with Gasteiger partial charge in [-0.15, -0.1) is 11.8 Å². The first-order valence-electron chi connectivity index (χ1n) is 4.65. The molecular formula is C11H10ClNO2S. The molecule has 0 amide bonds. The van der Waals surface area contributed by atoms with Crippen LogP contribution in [0.3, 0.4) is 0 Å². The molecule has 0 saturated heterocycles. The van der Waals surface area contributed by atoms with Gasteiger partial charge in [0.25, 0.3) is 0 Å². The normalized spacial score (nSPS) is 9.56. The molecule has 0 fully saturated rings. The summed E-state index contributed by atoms with van der Waals surface area (Å²) >= 11 is 7.24. The van der Waals surface area contributed by atoms with Crippen molar-refractivity contribution in [1.82, 2.24) is 0 Å². The number of ether oxygens (including phenoxy) is 1. The number of benzene rings is 1. The summed E-state index contributed by atoms with van der Waals surface area (Å²) in [5.41, 5.74) is 0.505. The van der Waals surface area contributed by atoms with Crippen LogP contribution in [-0.4, -0.2) is 18.3 Å². The monoisotopic (exact) mass is 255 g/mol. The van der Waals surface area contributed by atoms with Crippen LogP contribution in [0, 0.1) is 11.3 Å². The standard InChI is InChI=1S/C11H10ClNO2S/c1-2-15-11(14)7-16-10-4-3-8(6-13)5-9(10)12/h3-5H,2,7H2,1H3. The Morgan fingerprint density at radius 3 is 2.94 bits per heavy atom. The number of hydrogen-bond acceptors (Lipinski definition) is 4. The number of carbonyl (C=O) groups excluding carboxylic acids is 1. The van der Waals surface area contributed by atoms with Gasteiger partial charge in [-0.2, -0.15) is 5.26 Å². The highest BCUT2D eigenvalue weighted by Gasteiger charge is 2.06. The first-order valence-corrected chi connectivity index (χ1v) is 6.01. The highest BCUT2D eigenvalue weighted by Crippen LogP contribution is 2.27. The third-order valence-corrected chi connectivity index (χ3v) is 3.18. The van der Waals surface area contributed by atoms with Crippen LogP contribution in [-0.2, 0) is 9.53 Å². The van der Waals surface area contributed by atoms with E-state index in [2.05, 4.69) is 0 Å². The van der Waals surface area contributed by atoms with Crippen molar-refractivity contribution in [3.63, 3.8) is 0 Å². The molecule has 1 aromatic rings. The molecule has 0 spiro atoms. The van der Waals surface area contributed by atoms with Crippen molar-refractivity contribution >= 4 is 29.3 Å². The van der Waals surface area contributed by atoms with Crippen LogP contribution in [0.15, 0.2) is 23.1 Å². The van der Waals surface area contributed by atoms with E-state index in [1.165, 1.54) is 11.8 Å². The Morgan fingerprint density at radius 1 is 1.62 bits per heavy atom. The second-order valence-corrected chi connectivity index (χ2v) is 4.28. The van der Waals surface area contributed by atoms with E-state index < -0.39 is 0 Å². The van der Waals surface area contributed by atoms with Crippen molar-refractivity contribution in [2.75, 3.05) is 12.4 Å². The van der Waals surface area contributed by atoms with Crippen LogP contribution in [0.1, 0.15) is 12.5 Å². The van der Waals surface area contributed by atoms with Crippen LogP contribution in [0.4, 0.5) is 0 Å². The minimum absolute atomic E-state index is 0.222. The number of halogens is 1. The quantitative estimate of drug-likeness (QED) is 0.613. The molecule has 16 heavy (non-hydrogen) atoms. The Labute approximate surface area is 103 Å². The van der Waals surface area contributed by atoms with Crippen LogP contribution < -0.4 is 0 Å². The molecule has 84 valence electrons. The van der Waals surface area contributed by atoms with Gasteiger partial charge >= 0.3 is 5.97 Å². The van der Waals surface area contributed by atoms with E-state index >= 15 is 0 Å². The summed E-state index contributed by atoms with van der Waals surface area (Å²) in [6.45, 7) is 2.14. The highest BCUT2D eigenvalue weighted by atomic mass is 35.5. The van der Waals surface area contributed by atoms with Crippen LogP contribution >= 0.6 is 23.4 Å². The predicted octanol–water partition coefficient (Wildman–Crippen LogP) is 2.87. The van der Waals surface area contributed by atoms with Gasteiger partial charge in [-0.25, -0.2) is 0 Å². The molecule has 5 heteroatoms. The van der Waals surface area contributed by atoms with Crippen molar-refractivity contribution in [1.29, 1.82) is 5.26 Å². The lowest BCUT2D eigenvalue weighted by atomic mass is 10.2. The number of thioether (sulfide) groups is 1. The maximum Gasteiger partial charge on any atom is 0.316 e. The van der Waals surface area contributed by atoms with E-state index in [1.54, 1.807) is 25.1 Å². The Morgan fingerprint density at radius 2 is 2.38 bits per heavy atom. The molecular weight excluding hydrogens is 246 g/mol. The molecule has 0 aromatic heterocycles. The van der Waals surface area contributed by atoms with E-state index in [9.17, 15) is 4.79 Å². The minimum atomic E-state index is -0.270. The van der Waals surface area contributed by atoms with Gasteiger partial charge in [0.1, 0.15) is 0 Å². The minimum Gasteiger partial charge on any atom is -0.465 e. The Bertz CT molecular complexity index is 428. The van der Waals surface area contributed by atoms with Gasteiger partial charge < -0.3 is 4.74 Å². The molecule has 0 aliphatic carbocycles. The first kappa shape index (κ1) is 12.9. The van der Waals surface area contributed by atoms with E-state index in [0.717, 1.165) is 4.90 Å². The Hall–Kier alpha value is -1.18. The van der Waals surface area contributed by atoms with E-state index in [-0.39, 0.29) is 11.7 Å². The molecule has 0 aliphatic heterocycles. The second kappa shape index (κ2) is 6.41. The Balaban J connectivity index is 2.62. The lowest BCUT2D eigenvalue weighted by Crippen LogP contribution is -2.06. The first-order chi connectivity index (χ1) is 7.67. The number of nitriles is 1. The molecule has 0 unspecified atom stereocenters. The second-order valence-electron chi connectivity index (χ2n) is 2.85. The third-order valence-electron chi connectivity index (χ3n) is 1.71. The topological polar surface area (TPSA) is 50.1 Å². The van der Waals surface area contributed by atoms with Gasteiger partial charge in [0, 0.05) is 4.90 Å². The highest BCUT2D eigenvalue weighted by molar-refractivity contribution is 8.00. The lowest BCUT2D eigenvalue weighted by molar-refractivity contribution is -0.139. The zero-order valence-corrected chi connectivity index (χ0v) is 10.3. The number of hydrogen-bond donors (Lipinski definition) is 0. The van der Waals surface area contributed by atoms with E-state index in [4.69, 9.17) is 21.6 Å². The lowest BCUT2D eigenvalue weighted by Gasteiger charge is -2.04. The zero-order valence-electron chi connectivity index (χ0n) is 8.70. The predicted molar refractivity (Wildman–Crippen MR) is 63.5 cm³/mol. The third kappa shape index (κ3) is 3.76. The molecule has 1 aromatic carbocycles. The van der Waals surface area contributed by atoms with Crippen LogP contribution in [0.2, 0.25) is 5.02 Å². The van der Waals surface area contributed by atoms with Gasteiger partial charge in [-0.05, 0) is 25.1 Å². The molecule has 0 saturated carbocycles. The molecule has 1 rings (SSSR count). The van der Waals surface area contributed by atoms with Crippen molar-refractivity contribution in [3.05, 3.63) is 28.8 Å². The summed E-state index contributed by atoms with van der Waals surface area (Å²) in [7, 11) is 0. The summed E-state index contributed by atoms with van der Waals surface area (Å²) in [6.07, 6.45) is 0. The fourth-order valence-corrected chi connectivity index (χ4v) is 2.09. The molecule has 0 radical (unpaired) electrons. The van der Waals surface area contributed by atoms with E-state index in [1.807, 2.05) is 6.07 Å². The maximum absolute atomic E-state index is 11.1. The van der Waals surface area contributed by atoms with Crippen LogP contribution in [0.5, 0.6) is 0 Å². The molecule has 0 aliphatic rings. The smallest absolute Gasteiger partial charge is 0.316 e. The summed E-state index contributed by atoms with van der Waals surface area (Å²) in [5.74, 6) is -0.0488. The van der Waals surface area contributed by atoms with Crippen molar-refractivity contribution in [2.24, 2.45) is 0 Å². The zero-order chi connectivity index (χ0) is 12.0. The number of nitrogens with zero attached hydrogens (tertiary/aromatic N) is 1. The van der Waals surface area contributed by atoms with Gasteiger partial charge in [-0.1, -0.05) is 11.6 Å². The Kier molecular flexibility index (Phi) is 5.17. The summed E-state index contributed by atoms with van der Waals surface area (Å²) in [4.78, 5) is 11.9. The molecule has 0 heterocycles. The molecule has 0 atom stereocenters. The fourth-order valence-electron chi connectivity index (χ4n) is 1.03. The molecule has 3 nitrogen and oxygen atoms in total. The summed E-state index contributed by atoms with van der Waals surface area (Å²) in [6, 6.07) is 6.97. The SMILES string of the molecule is CCOC(=O)CSc1ccc(C#N)cc1Cl. The fraction of sp³-hybridized carbons (Fsp3) is 0.273. The maximum atomic E-state index is 11.1. The van der Waals surface area contributed by atoms with Gasteiger partial charge in [-0.3, -0.25) is 4.79 Å². The average Bonchev–Trinajstić information content (AvgIpc) is 2.27. The van der Waals surface area contributed by atoms with Crippen molar-refractivity contribution in [2.45, 2.75) is 11.8 Å². The molecule has 0 N–H and O–H groups in total. The van der Waals surface area contributed by atoms with Gasteiger partial charge in [0.15, 0.2) is 0 Å². The number of carbonyl (C=O) groups is 1. The average molecular weight is 256 g/mol. The van der Waals surface area contributed by atoms with E-state index in [0.29, 0.717) is 17.2 Å². The van der Waals surface area contributed by atoms with Gasteiger partial charge in [0.05, 0.1) is 29.0 Å².